The highest BCUT2D eigenvalue weighted by Crippen LogP contribution is 2.34. The van der Waals surface area contributed by atoms with E-state index in [4.69, 9.17) is 0 Å². The molecule has 0 radical (unpaired) electrons. The number of aryl methyl sites for hydroxylation is 1. The summed E-state index contributed by atoms with van der Waals surface area (Å²) in [5.74, 6) is 0.452. The highest BCUT2D eigenvalue weighted by molar-refractivity contribution is 6.00. The Kier molecular flexibility index (Phi) is 8.92. The van der Waals surface area contributed by atoms with Crippen molar-refractivity contribution in [3.63, 3.8) is 0 Å². The van der Waals surface area contributed by atoms with Gasteiger partial charge in [-0.3, -0.25) is 9.59 Å². The van der Waals surface area contributed by atoms with Gasteiger partial charge in [0.25, 0.3) is 0 Å². The van der Waals surface area contributed by atoms with Gasteiger partial charge in [0.2, 0.25) is 11.8 Å². The van der Waals surface area contributed by atoms with Crippen LogP contribution in [0.2, 0.25) is 0 Å². The number of nitrogens with one attached hydrogen (secondary N) is 1. The maximum absolute atomic E-state index is 13.2. The lowest BCUT2D eigenvalue weighted by Gasteiger charge is -2.51. The van der Waals surface area contributed by atoms with E-state index in [9.17, 15) is 9.59 Å². The molecule has 1 aromatic carbocycles. The van der Waals surface area contributed by atoms with Gasteiger partial charge in [0.05, 0.1) is 0 Å². The summed E-state index contributed by atoms with van der Waals surface area (Å²) in [6, 6.07) is 10.3. The largest absolute Gasteiger partial charge is 0.342 e. The van der Waals surface area contributed by atoms with Gasteiger partial charge < -0.3 is 15.1 Å². The molecule has 2 aliphatic heterocycles. The summed E-state index contributed by atoms with van der Waals surface area (Å²) in [6.07, 6.45) is 9.95. The Hall–Kier alpha value is -2.14. The Morgan fingerprint density at radius 3 is 2.44 bits per heavy atom. The molecule has 32 heavy (non-hydrogen) atoms. The first kappa shape index (κ1) is 24.5. The number of rotatable bonds is 11. The zero-order chi connectivity index (χ0) is 23.0. The number of hydrogen-bond donors (Lipinski definition) is 1. The Balaban J connectivity index is 1.44. The fourth-order valence-electron chi connectivity index (χ4n) is 5.21. The molecular weight excluding hydrogens is 398 g/mol. The Bertz CT molecular complexity index is 753. The molecule has 0 saturated carbocycles. The van der Waals surface area contributed by atoms with Gasteiger partial charge in [-0.05, 0) is 56.6 Å². The molecule has 2 amide bonds. The third-order valence-corrected chi connectivity index (χ3v) is 7.04. The van der Waals surface area contributed by atoms with Crippen molar-refractivity contribution in [1.82, 2.24) is 15.1 Å². The summed E-state index contributed by atoms with van der Waals surface area (Å²) in [4.78, 5) is 30.7. The molecular formula is C27H41N3O2. The lowest BCUT2D eigenvalue weighted by atomic mass is 9.81. The number of carbonyl (C=O) groups is 2. The van der Waals surface area contributed by atoms with Crippen molar-refractivity contribution in [2.45, 2.75) is 76.8 Å². The van der Waals surface area contributed by atoms with Crippen LogP contribution in [0.25, 0.3) is 0 Å². The molecule has 2 heterocycles. The first-order chi connectivity index (χ1) is 15.5. The molecule has 2 saturated heterocycles. The van der Waals surface area contributed by atoms with E-state index < -0.39 is 11.6 Å². The lowest BCUT2D eigenvalue weighted by molar-refractivity contribution is -0.160. The Labute approximate surface area is 194 Å². The van der Waals surface area contributed by atoms with Gasteiger partial charge in [0.1, 0.15) is 11.6 Å². The van der Waals surface area contributed by atoms with E-state index in [1.165, 1.54) is 31.2 Å². The second-order valence-corrected chi connectivity index (χ2v) is 9.92. The molecule has 2 fully saturated rings. The number of likely N-dealkylation sites (tertiary alicyclic amines) is 1. The second kappa shape index (κ2) is 11.6. The molecule has 176 valence electrons. The number of benzene rings is 1. The van der Waals surface area contributed by atoms with E-state index >= 15 is 0 Å². The highest BCUT2D eigenvalue weighted by atomic mass is 16.2. The molecule has 3 rings (SSSR count). The van der Waals surface area contributed by atoms with Gasteiger partial charge in [-0.15, -0.1) is 6.58 Å². The number of amides is 2. The standard InChI is InChI=1S/C27H41N3O2/c1-4-17-30-25(31)24(21-22(2)3)28-26(32)27(30)15-19-29(20-16-27)18-11-6-5-8-12-23-13-9-7-10-14-23/h4,7,9-10,13-14,22,24H,1,5-6,8,11-12,15-21H2,2-3H3,(H,28,32)/t24-/m0/s1. The predicted molar refractivity (Wildman–Crippen MR) is 130 cm³/mol. The van der Waals surface area contributed by atoms with E-state index in [2.05, 4.69) is 61.0 Å². The van der Waals surface area contributed by atoms with Crippen LogP contribution in [0.3, 0.4) is 0 Å². The molecule has 0 aliphatic carbocycles. The van der Waals surface area contributed by atoms with Gasteiger partial charge >= 0.3 is 0 Å². The van der Waals surface area contributed by atoms with Gasteiger partial charge in [-0.2, -0.15) is 0 Å². The van der Waals surface area contributed by atoms with Crippen molar-refractivity contribution >= 4 is 11.8 Å². The number of piperidine rings is 1. The van der Waals surface area contributed by atoms with E-state index in [1.54, 1.807) is 6.08 Å². The average Bonchev–Trinajstić information content (AvgIpc) is 2.79. The molecule has 0 unspecified atom stereocenters. The van der Waals surface area contributed by atoms with Crippen molar-refractivity contribution in [2.24, 2.45) is 5.92 Å². The van der Waals surface area contributed by atoms with Crippen LogP contribution in [-0.4, -0.2) is 59.4 Å². The van der Waals surface area contributed by atoms with Crippen LogP contribution in [0, 0.1) is 5.92 Å². The zero-order valence-corrected chi connectivity index (χ0v) is 20.0. The van der Waals surface area contributed by atoms with Crippen molar-refractivity contribution in [3.05, 3.63) is 48.6 Å². The molecule has 1 N–H and O–H groups in total. The smallest absolute Gasteiger partial charge is 0.246 e. The normalized spacial score (nSPS) is 21.2. The molecule has 0 aromatic heterocycles. The van der Waals surface area contributed by atoms with Crippen LogP contribution >= 0.6 is 0 Å². The lowest BCUT2D eigenvalue weighted by Crippen LogP contribution is -2.72. The molecule has 0 bridgehead atoms. The summed E-state index contributed by atoms with van der Waals surface area (Å²) in [6.45, 7) is 11.3. The topological polar surface area (TPSA) is 52.7 Å². The molecule has 1 aromatic rings. The fraction of sp³-hybridized carbons (Fsp3) is 0.630. The van der Waals surface area contributed by atoms with Gasteiger partial charge in [0.15, 0.2) is 0 Å². The summed E-state index contributed by atoms with van der Waals surface area (Å²) in [5.41, 5.74) is 0.721. The fourth-order valence-corrected chi connectivity index (χ4v) is 5.21. The summed E-state index contributed by atoms with van der Waals surface area (Å²) < 4.78 is 0. The zero-order valence-electron chi connectivity index (χ0n) is 20.0. The second-order valence-electron chi connectivity index (χ2n) is 9.92. The van der Waals surface area contributed by atoms with Crippen LogP contribution < -0.4 is 5.32 Å². The van der Waals surface area contributed by atoms with Crippen LogP contribution in [0.15, 0.2) is 43.0 Å². The minimum absolute atomic E-state index is 0.0326. The molecule has 5 nitrogen and oxygen atoms in total. The Morgan fingerprint density at radius 2 is 1.78 bits per heavy atom. The van der Waals surface area contributed by atoms with Gasteiger partial charge in [0, 0.05) is 19.6 Å². The summed E-state index contributed by atoms with van der Waals surface area (Å²) in [5, 5.41) is 3.06. The summed E-state index contributed by atoms with van der Waals surface area (Å²) >= 11 is 0. The first-order valence-electron chi connectivity index (χ1n) is 12.5. The highest BCUT2D eigenvalue weighted by Gasteiger charge is 2.53. The van der Waals surface area contributed by atoms with Gasteiger partial charge in [-0.25, -0.2) is 0 Å². The van der Waals surface area contributed by atoms with Crippen molar-refractivity contribution in [1.29, 1.82) is 0 Å². The third-order valence-electron chi connectivity index (χ3n) is 7.04. The number of nitrogens with zero attached hydrogens (tertiary/aromatic N) is 2. The third kappa shape index (κ3) is 6.00. The van der Waals surface area contributed by atoms with Gasteiger partial charge in [-0.1, -0.05) is 63.1 Å². The van der Waals surface area contributed by atoms with Crippen molar-refractivity contribution in [3.8, 4) is 0 Å². The molecule has 5 heteroatoms. The monoisotopic (exact) mass is 439 g/mol. The minimum atomic E-state index is -0.703. The molecule has 1 spiro atoms. The minimum Gasteiger partial charge on any atom is -0.342 e. The van der Waals surface area contributed by atoms with Crippen molar-refractivity contribution < 1.29 is 9.59 Å². The van der Waals surface area contributed by atoms with Crippen LogP contribution in [0.5, 0.6) is 0 Å². The quantitative estimate of drug-likeness (QED) is 0.416. The first-order valence-corrected chi connectivity index (χ1v) is 12.5. The van der Waals surface area contributed by atoms with Crippen LogP contribution in [-0.2, 0) is 16.0 Å². The molecule has 2 aliphatic rings. The number of piperazine rings is 1. The predicted octanol–water partition coefficient (Wildman–Crippen LogP) is 4.18. The van der Waals surface area contributed by atoms with E-state index in [0.717, 1.165) is 26.1 Å². The summed E-state index contributed by atoms with van der Waals surface area (Å²) in [7, 11) is 0. The number of hydrogen-bond acceptors (Lipinski definition) is 3. The Morgan fingerprint density at radius 1 is 1.09 bits per heavy atom. The van der Waals surface area contributed by atoms with Crippen LogP contribution in [0.1, 0.15) is 64.4 Å². The maximum atomic E-state index is 13.2. The van der Waals surface area contributed by atoms with E-state index in [0.29, 0.717) is 31.7 Å². The maximum Gasteiger partial charge on any atom is 0.246 e. The number of carbonyl (C=O) groups excluding carboxylic acids is 2. The average molecular weight is 440 g/mol. The van der Waals surface area contributed by atoms with Crippen LogP contribution in [0.4, 0.5) is 0 Å². The SMILES string of the molecule is C=CCN1C(=O)[C@H](CC(C)C)NC(=O)C12CCN(CCCCCCc1ccccc1)CC2. The van der Waals surface area contributed by atoms with E-state index in [-0.39, 0.29) is 11.8 Å². The van der Waals surface area contributed by atoms with Crippen molar-refractivity contribution in [2.75, 3.05) is 26.2 Å². The molecule has 1 atom stereocenters. The number of unbranched alkanes of at least 4 members (excludes halogenated alkanes) is 3. The van der Waals surface area contributed by atoms with E-state index in [1.807, 2.05) is 4.90 Å².